The molecular formula is C21H30N2O3S2. The zero-order valence-electron chi connectivity index (χ0n) is 16.3. The van der Waals surface area contributed by atoms with E-state index >= 15 is 0 Å². The summed E-state index contributed by atoms with van der Waals surface area (Å²) in [7, 11) is -3.43. The molecule has 4 bridgehead atoms. The van der Waals surface area contributed by atoms with Crippen LogP contribution in [0.25, 0.3) is 0 Å². The quantitative estimate of drug-likeness (QED) is 0.788. The monoisotopic (exact) mass is 422 g/mol. The lowest BCUT2D eigenvalue weighted by molar-refractivity contribution is -0.140. The molecule has 4 aliphatic carbocycles. The SMILES string of the molecule is O=C(CC12CC3CC(CC(C3)C1)C2)N1CCC(NS(=O)(=O)c2cccs2)CC1. The molecule has 0 aromatic carbocycles. The lowest BCUT2D eigenvalue weighted by Gasteiger charge is -2.57. The molecule has 5 fully saturated rings. The Balaban J connectivity index is 1.16. The predicted octanol–water partition coefficient (Wildman–Crippen LogP) is 3.62. The van der Waals surface area contributed by atoms with Crippen molar-refractivity contribution in [3.63, 3.8) is 0 Å². The average molecular weight is 423 g/mol. The molecule has 1 aromatic heterocycles. The molecular weight excluding hydrogens is 392 g/mol. The van der Waals surface area contributed by atoms with Crippen LogP contribution in [0.15, 0.2) is 21.7 Å². The van der Waals surface area contributed by atoms with Gasteiger partial charge in [0.2, 0.25) is 15.9 Å². The zero-order chi connectivity index (χ0) is 19.4. The standard InChI is InChI=1S/C21H30N2O3S2/c24-19(14-21-11-15-8-16(12-21)10-17(9-15)13-21)23-5-3-18(4-6-23)22-28(25,26)20-2-1-7-27-20/h1-2,7,15-18,22H,3-6,8-14H2. The molecule has 5 nitrogen and oxygen atoms in total. The van der Waals surface area contributed by atoms with E-state index in [1.807, 2.05) is 4.90 Å². The summed E-state index contributed by atoms with van der Waals surface area (Å²) in [5.41, 5.74) is 0.281. The number of thiophene rings is 1. The summed E-state index contributed by atoms with van der Waals surface area (Å²) < 4.78 is 28.0. The summed E-state index contributed by atoms with van der Waals surface area (Å²) in [6.07, 6.45) is 10.2. The fraction of sp³-hybridized carbons (Fsp3) is 0.762. The first-order valence-electron chi connectivity index (χ1n) is 10.7. The minimum atomic E-state index is -3.43. The number of nitrogens with zero attached hydrogens (tertiary/aromatic N) is 1. The first kappa shape index (κ1) is 19.1. The summed E-state index contributed by atoms with van der Waals surface area (Å²) in [6.45, 7) is 1.34. The molecule has 4 saturated carbocycles. The smallest absolute Gasteiger partial charge is 0.250 e. The van der Waals surface area contributed by atoms with Gasteiger partial charge in [0.1, 0.15) is 4.21 Å². The van der Waals surface area contributed by atoms with Crippen LogP contribution in [0, 0.1) is 23.2 Å². The Morgan fingerprint density at radius 2 is 1.71 bits per heavy atom. The molecule has 1 aromatic rings. The van der Waals surface area contributed by atoms with Gasteiger partial charge in [-0.05, 0) is 86.0 Å². The van der Waals surface area contributed by atoms with Crippen LogP contribution in [0.5, 0.6) is 0 Å². The number of piperidine rings is 1. The van der Waals surface area contributed by atoms with Crippen LogP contribution >= 0.6 is 11.3 Å². The Labute approximate surface area is 171 Å². The predicted molar refractivity (Wildman–Crippen MR) is 109 cm³/mol. The van der Waals surface area contributed by atoms with Crippen LogP contribution < -0.4 is 4.72 Å². The number of likely N-dealkylation sites (tertiary alicyclic amines) is 1. The number of rotatable bonds is 5. The second-order valence-corrected chi connectivity index (χ2v) is 12.7. The van der Waals surface area contributed by atoms with Gasteiger partial charge in [0.25, 0.3) is 0 Å². The largest absolute Gasteiger partial charge is 0.343 e. The van der Waals surface area contributed by atoms with Gasteiger partial charge in [-0.15, -0.1) is 11.3 Å². The van der Waals surface area contributed by atoms with Gasteiger partial charge in [-0.25, -0.2) is 13.1 Å². The van der Waals surface area contributed by atoms with Crippen LogP contribution in [0.4, 0.5) is 0 Å². The normalized spacial score (nSPS) is 35.4. The molecule has 28 heavy (non-hydrogen) atoms. The molecule has 1 aliphatic heterocycles. The molecule has 0 radical (unpaired) electrons. The van der Waals surface area contributed by atoms with E-state index in [9.17, 15) is 13.2 Å². The van der Waals surface area contributed by atoms with Crippen molar-refractivity contribution in [3.8, 4) is 0 Å². The van der Waals surface area contributed by atoms with Gasteiger partial charge in [0, 0.05) is 25.6 Å². The highest BCUT2D eigenvalue weighted by Crippen LogP contribution is 2.61. The first-order chi connectivity index (χ1) is 13.4. The van der Waals surface area contributed by atoms with E-state index in [-0.39, 0.29) is 11.5 Å². The van der Waals surface area contributed by atoms with E-state index in [1.165, 1.54) is 49.9 Å². The summed E-state index contributed by atoms with van der Waals surface area (Å²) in [6, 6.07) is 3.32. The van der Waals surface area contributed by atoms with E-state index in [2.05, 4.69) is 4.72 Å². The molecule has 1 saturated heterocycles. The first-order valence-corrected chi connectivity index (χ1v) is 13.1. The highest BCUT2D eigenvalue weighted by atomic mass is 32.2. The van der Waals surface area contributed by atoms with Crippen LogP contribution in [0.2, 0.25) is 0 Å². The van der Waals surface area contributed by atoms with Gasteiger partial charge in [-0.3, -0.25) is 4.79 Å². The number of carbonyl (C=O) groups is 1. The maximum Gasteiger partial charge on any atom is 0.250 e. The fourth-order valence-electron chi connectivity index (χ4n) is 6.88. The maximum atomic E-state index is 13.1. The van der Waals surface area contributed by atoms with Gasteiger partial charge in [-0.1, -0.05) is 6.07 Å². The number of amides is 1. The van der Waals surface area contributed by atoms with Crippen LogP contribution in [-0.2, 0) is 14.8 Å². The number of hydrogen-bond donors (Lipinski definition) is 1. The molecule has 0 spiro atoms. The van der Waals surface area contributed by atoms with E-state index < -0.39 is 10.0 Å². The molecule has 1 amide bonds. The summed E-state index contributed by atoms with van der Waals surface area (Å²) in [5, 5.41) is 1.78. The molecule has 154 valence electrons. The lowest BCUT2D eigenvalue weighted by Crippen LogP contribution is -2.50. The number of carbonyl (C=O) groups excluding carboxylic acids is 1. The lowest BCUT2D eigenvalue weighted by atomic mass is 9.49. The fourth-order valence-corrected chi connectivity index (χ4v) is 9.19. The zero-order valence-corrected chi connectivity index (χ0v) is 17.9. The maximum absolute atomic E-state index is 13.1. The second kappa shape index (κ2) is 7.10. The van der Waals surface area contributed by atoms with Gasteiger partial charge in [-0.2, -0.15) is 0 Å². The minimum absolute atomic E-state index is 0.0734. The molecule has 5 aliphatic rings. The molecule has 0 atom stereocenters. The average Bonchev–Trinajstić information content (AvgIpc) is 3.16. The van der Waals surface area contributed by atoms with Crippen molar-refractivity contribution >= 4 is 27.3 Å². The third-order valence-corrected chi connectivity index (χ3v) is 10.5. The topological polar surface area (TPSA) is 66.5 Å². The van der Waals surface area contributed by atoms with E-state index in [1.54, 1.807) is 17.5 Å². The Morgan fingerprint density at radius 1 is 1.11 bits per heavy atom. The third-order valence-electron chi connectivity index (χ3n) is 7.62. The minimum Gasteiger partial charge on any atom is -0.343 e. The van der Waals surface area contributed by atoms with Gasteiger partial charge >= 0.3 is 0 Å². The van der Waals surface area contributed by atoms with Gasteiger partial charge in [0.05, 0.1) is 0 Å². The number of nitrogens with one attached hydrogen (secondary N) is 1. The van der Waals surface area contributed by atoms with E-state index in [4.69, 9.17) is 0 Å². The summed E-state index contributed by atoms with van der Waals surface area (Å²) in [4.78, 5) is 15.0. The van der Waals surface area contributed by atoms with Crippen molar-refractivity contribution in [1.29, 1.82) is 0 Å². The van der Waals surface area contributed by atoms with Crippen molar-refractivity contribution in [2.75, 3.05) is 13.1 Å². The van der Waals surface area contributed by atoms with E-state index in [0.717, 1.165) is 24.2 Å². The second-order valence-electron chi connectivity index (χ2n) is 9.80. The molecule has 1 N–H and O–H groups in total. The number of sulfonamides is 1. The summed E-state index contributed by atoms with van der Waals surface area (Å²) in [5.74, 6) is 2.92. The van der Waals surface area contributed by atoms with Crippen LogP contribution in [0.1, 0.15) is 57.8 Å². The van der Waals surface area contributed by atoms with Crippen molar-refractivity contribution < 1.29 is 13.2 Å². The Bertz CT molecular complexity index is 791. The van der Waals surface area contributed by atoms with Crippen LogP contribution in [-0.4, -0.2) is 38.4 Å². The Kier molecular flexibility index (Phi) is 4.83. The highest BCUT2D eigenvalue weighted by Gasteiger charge is 2.51. The van der Waals surface area contributed by atoms with Crippen molar-refractivity contribution in [3.05, 3.63) is 17.5 Å². The summed E-state index contributed by atoms with van der Waals surface area (Å²) >= 11 is 1.24. The van der Waals surface area contributed by atoms with Gasteiger partial charge < -0.3 is 4.90 Å². The van der Waals surface area contributed by atoms with Gasteiger partial charge in [0.15, 0.2) is 0 Å². The molecule has 7 heteroatoms. The van der Waals surface area contributed by atoms with Crippen molar-refractivity contribution in [2.24, 2.45) is 23.2 Å². The Morgan fingerprint density at radius 3 is 2.25 bits per heavy atom. The number of hydrogen-bond acceptors (Lipinski definition) is 4. The highest BCUT2D eigenvalue weighted by molar-refractivity contribution is 7.91. The molecule has 6 rings (SSSR count). The van der Waals surface area contributed by atoms with Crippen molar-refractivity contribution in [2.45, 2.75) is 68.0 Å². The van der Waals surface area contributed by atoms with E-state index in [0.29, 0.717) is 36.0 Å². The molecule has 0 unspecified atom stereocenters. The van der Waals surface area contributed by atoms with Crippen molar-refractivity contribution in [1.82, 2.24) is 9.62 Å². The third kappa shape index (κ3) is 3.65. The van der Waals surface area contributed by atoms with Crippen LogP contribution in [0.3, 0.4) is 0 Å². The molecule has 2 heterocycles. The Hall–Kier alpha value is -0.920.